The van der Waals surface area contributed by atoms with Gasteiger partial charge in [-0.2, -0.15) is 5.10 Å². The number of carbonyl (C=O) groups is 1. The highest BCUT2D eigenvalue weighted by atomic mass is 79.9. The van der Waals surface area contributed by atoms with Crippen molar-refractivity contribution in [3.05, 3.63) is 51.3 Å². The second-order valence-electron chi connectivity index (χ2n) is 4.83. The molecule has 0 spiro atoms. The zero-order chi connectivity index (χ0) is 14.7. The lowest BCUT2D eigenvalue weighted by molar-refractivity contribution is 0.0950. The number of nitrogens with one attached hydrogen (secondary N) is 1. The number of hydrogen-bond donors (Lipinski definition) is 1. The number of aryl methyl sites for hydroxylation is 3. The van der Waals surface area contributed by atoms with Gasteiger partial charge in [0.2, 0.25) is 0 Å². The number of aromatic nitrogens is 2. The van der Waals surface area contributed by atoms with Crippen molar-refractivity contribution < 1.29 is 4.79 Å². The van der Waals surface area contributed by atoms with Crippen LogP contribution in [0.15, 0.2) is 28.9 Å². The van der Waals surface area contributed by atoms with E-state index in [-0.39, 0.29) is 5.91 Å². The van der Waals surface area contributed by atoms with Crippen LogP contribution in [0.2, 0.25) is 0 Å². The first-order chi connectivity index (χ1) is 9.49. The molecule has 0 atom stereocenters. The van der Waals surface area contributed by atoms with Crippen molar-refractivity contribution in [1.82, 2.24) is 15.1 Å². The van der Waals surface area contributed by atoms with Gasteiger partial charge >= 0.3 is 0 Å². The summed E-state index contributed by atoms with van der Waals surface area (Å²) in [5.74, 6) is -0.0692. The molecule has 1 N–H and O–H groups in total. The highest BCUT2D eigenvalue weighted by Gasteiger charge is 2.10. The predicted molar refractivity (Wildman–Crippen MR) is 82.6 cm³/mol. The monoisotopic (exact) mass is 335 g/mol. The van der Waals surface area contributed by atoms with E-state index >= 15 is 0 Å². The number of benzene rings is 1. The van der Waals surface area contributed by atoms with Crippen LogP contribution in [0.4, 0.5) is 0 Å². The Hall–Kier alpha value is -1.62. The SMILES string of the molecule is CCc1nn(C)cc1CNC(=O)c1cc(C)cc(Br)c1. The molecule has 0 aliphatic carbocycles. The van der Waals surface area contributed by atoms with E-state index in [4.69, 9.17) is 0 Å². The summed E-state index contributed by atoms with van der Waals surface area (Å²) in [7, 11) is 1.89. The lowest BCUT2D eigenvalue weighted by Crippen LogP contribution is -2.23. The van der Waals surface area contributed by atoms with Gasteiger partial charge in [-0.3, -0.25) is 9.48 Å². The Morgan fingerprint density at radius 2 is 2.15 bits per heavy atom. The molecule has 20 heavy (non-hydrogen) atoms. The Bertz CT molecular complexity index is 614. The minimum Gasteiger partial charge on any atom is -0.348 e. The molecule has 0 bridgehead atoms. The van der Waals surface area contributed by atoms with Crippen molar-refractivity contribution in [3.63, 3.8) is 0 Å². The summed E-state index contributed by atoms with van der Waals surface area (Å²) in [6, 6.07) is 5.68. The van der Waals surface area contributed by atoms with Crippen LogP contribution < -0.4 is 5.32 Å². The van der Waals surface area contributed by atoms with E-state index in [0.717, 1.165) is 27.7 Å². The lowest BCUT2D eigenvalue weighted by atomic mass is 10.1. The quantitative estimate of drug-likeness (QED) is 0.933. The number of amides is 1. The van der Waals surface area contributed by atoms with Crippen LogP contribution in [0.1, 0.15) is 34.1 Å². The fourth-order valence-corrected chi connectivity index (χ4v) is 2.78. The maximum absolute atomic E-state index is 12.2. The van der Waals surface area contributed by atoms with Gasteiger partial charge in [-0.05, 0) is 37.1 Å². The van der Waals surface area contributed by atoms with Crippen LogP contribution in [0.25, 0.3) is 0 Å². The summed E-state index contributed by atoms with van der Waals surface area (Å²) in [4.78, 5) is 12.2. The Morgan fingerprint density at radius 3 is 2.80 bits per heavy atom. The van der Waals surface area contributed by atoms with Crippen molar-refractivity contribution in [3.8, 4) is 0 Å². The highest BCUT2D eigenvalue weighted by molar-refractivity contribution is 9.10. The molecule has 0 fully saturated rings. The van der Waals surface area contributed by atoms with E-state index < -0.39 is 0 Å². The third-order valence-electron chi connectivity index (χ3n) is 3.07. The van der Waals surface area contributed by atoms with Crippen molar-refractivity contribution in [2.45, 2.75) is 26.8 Å². The second kappa shape index (κ2) is 6.22. The average molecular weight is 336 g/mol. The fraction of sp³-hybridized carbons (Fsp3) is 0.333. The van der Waals surface area contributed by atoms with Gasteiger partial charge < -0.3 is 5.32 Å². The first-order valence-corrected chi connectivity index (χ1v) is 7.35. The zero-order valence-corrected chi connectivity index (χ0v) is 13.5. The topological polar surface area (TPSA) is 46.9 Å². The van der Waals surface area contributed by atoms with E-state index in [1.165, 1.54) is 0 Å². The average Bonchev–Trinajstić information content (AvgIpc) is 2.75. The van der Waals surface area contributed by atoms with Gasteiger partial charge in [-0.15, -0.1) is 0 Å². The summed E-state index contributed by atoms with van der Waals surface area (Å²) in [6.45, 7) is 4.53. The van der Waals surface area contributed by atoms with Crippen molar-refractivity contribution in [1.29, 1.82) is 0 Å². The predicted octanol–water partition coefficient (Wildman–Crippen LogP) is 2.98. The lowest BCUT2D eigenvalue weighted by Gasteiger charge is -2.06. The summed E-state index contributed by atoms with van der Waals surface area (Å²) in [5, 5.41) is 7.31. The van der Waals surface area contributed by atoms with Gasteiger partial charge in [0.25, 0.3) is 5.91 Å². The third kappa shape index (κ3) is 3.48. The summed E-state index contributed by atoms with van der Waals surface area (Å²) >= 11 is 3.41. The van der Waals surface area contributed by atoms with Crippen molar-refractivity contribution in [2.24, 2.45) is 7.05 Å². The Balaban J connectivity index is 2.08. The van der Waals surface area contributed by atoms with Gasteiger partial charge in [-0.25, -0.2) is 0 Å². The Labute approximate surface area is 127 Å². The highest BCUT2D eigenvalue weighted by Crippen LogP contribution is 2.15. The van der Waals surface area contributed by atoms with Crippen LogP contribution in [-0.4, -0.2) is 15.7 Å². The van der Waals surface area contributed by atoms with Crippen LogP contribution in [0, 0.1) is 6.92 Å². The molecule has 0 saturated carbocycles. The molecule has 0 aliphatic rings. The molecular weight excluding hydrogens is 318 g/mol. The number of halogens is 1. The molecule has 1 heterocycles. The van der Waals surface area contributed by atoms with Gasteiger partial charge in [0.15, 0.2) is 0 Å². The molecule has 1 aromatic carbocycles. The summed E-state index contributed by atoms with van der Waals surface area (Å²) in [6.07, 6.45) is 2.81. The number of hydrogen-bond acceptors (Lipinski definition) is 2. The first kappa shape index (κ1) is 14.8. The largest absolute Gasteiger partial charge is 0.348 e. The van der Waals surface area contributed by atoms with E-state index in [9.17, 15) is 4.79 Å². The van der Waals surface area contributed by atoms with E-state index in [2.05, 4.69) is 33.3 Å². The normalized spacial score (nSPS) is 10.6. The maximum Gasteiger partial charge on any atom is 0.251 e. The first-order valence-electron chi connectivity index (χ1n) is 6.56. The molecule has 0 unspecified atom stereocenters. The van der Waals surface area contributed by atoms with E-state index in [1.807, 2.05) is 38.4 Å². The molecule has 0 aliphatic heterocycles. The van der Waals surface area contributed by atoms with Crippen LogP contribution >= 0.6 is 15.9 Å². The van der Waals surface area contributed by atoms with Crippen LogP contribution in [0.3, 0.4) is 0 Å². The summed E-state index contributed by atoms with van der Waals surface area (Å²) in [5.41, 5.74) is 3.81. The molecule has 0 saturated heterocycles. The van der Waals surface area contributed by atoms with Gasteiger partial charge in [0.05, 0.1) is 5.69 Å². The molecule has 5 heteroatoms. The maximum atomic E-state index is 12.2. The minimum atomic E-state index is -0.0692. The molecule has 1 amide bonds. The summed E-state index contributed by atoms with van der Waals surface area (Å²) < 4.78 is 2.70. The number of nitrogens with zero attached hydrogens (tertiary/aromatic N) is 2. The van der Waals surface area contributed by atoms with Gasteiger partial charge in [0.1, 0.15) is 0 Å². The van der Waals surface area contributed by atoms with Gasteiger partial charge in [0, 0.05) is 35.4 Å². The van der Waals surface area contributed by atoms with E-state index in [0.29, 0.717) is 12.1 Å². The van der Waals surface area contributed by atoms with E-state index in [1.54, 1.807) is 4.68 Å². The number of carbonyl (C=O) groups excluding carboxylic acids is 1. The molecule has 0 radical (unpaired) electrons. The van der Waals surface area contributed by atoms with Crippen LogP contribution in [-0.2, 0) is 20.0 Å². The van der Waals surface area contributed by atoms with Crippen molar-refractivity contribution >= 4 is 21.8 Å². The van der Waals surface area contributed by atoms with Gasteiger partial charge in [-0.1, -0.05) is 22.9 Å². The molecule has 4 nitrogen and oxygen atoms in total. The zero-order valence-electron chi connectivity index (χ0n) is 11.9. The molecule has 1 aromatic heterocycles. The van der Waals surface area contributed by atoms with Crippen molar-refractivity contribution in [2.75, 3.05) is 0 Å². The standard InChI is InChI=1S/C15H18BrN3O/c1-4-14-12(9-19(3)18-14)8-17-15(20)11-5-10(2)6-13(16)7-11/h5-7,9H,4,8H2,1-3H3,(H,17,20). The second-order valence-corrected chi connectivity index (χ2v) is 5.74. The third-order valence-corrected chi connectivity index (χ3v) is 3.53. The van der Waals surface area contributed by atoms with Crippen LogP contribution in [0.5, 0.6) is 0 Å². The molecule has 2 rings (SSSR count). The Kier molecular flexibility index (Phi) is 4.60. The molecule has 106 valence electrons. The smallest absolute Gasteiger partial charge is 0.251 e. The fourth-order valence-electron chi connectivity index (χ4n) is 2.17. The number of rotatable bonds is 4. The molecular formula is C15H18BrN3O. The molecule has 2 aromatic rings. The Morgan fingerprint density at radius 1 is 1.40 bits per heavy atom. The minimum absolute atomic E-state index is 0.0692.